The Morgan fingerprint density at radius 1 is 1.00 bits per heavy atom. The van der Waals surface area contributed by atoms with Gasteiger partial charge in [-0.25, -0.2) is 0 Å². The van der Waals surface area contributed by atoms with Crippen molar-refractivity contribution in [3.05, 3.63) is 34.9 Å². The molecule has 0 spiro atoms. The van der Waals surface area contributed by atoms with Crippen LogP contribution in [0.1, 0.15) is 37.5 Å². The first kappa shape index (κ1) is 16.4. The molecule has 0 aliphatic rings. The van der Waals surface area contributed by atoms with Crippen LogP contribution in [0.4, 0.5) is 0 Å². The molecule has 0 aromatic heterocycles. The van der Waals surface area contributed by atoms with Gasteiger partial charge < -0.3 is 0 Å². The standard InChI is InChI=1S/C12H18.I3/c1-9-7-6-8-10(2)11(9)12(3,4)5;1-3-2/h6-8H,1-5H3;/q;-1. The van der Waals surface area contributed by atoms with Crippen LogP contribution in [-0.2, 0) is 5.41 Å². The van der Waals surface area contributed by atoms with Gasteiger partial charge in [-0.15, -0.1) is 0 Å². The number of hydrogen-bond acceptors (Lipinski definition) is 0. The summed E-state index contributed by atoms with van der Waals surface area (Å²) in [5.41, 5.74) is 4.57. The van der Waals surface area contributed by atoms with Crippen molar-refractivity contribution in [3.8, 4) is 0 Å². The molecule has 1 rings (SSSR count). The molecule has 1 aromatic rings. The molecular weight excluding hydrogens is 525 g/mol. The summed E-state index contributed by atoms with van der Waals surface area (Å²) in [7, 11) is 0. The quantitative estimate of drug-likeness (QED) is 0.442. The first-order valence-electron chi connectivity index (χ1n) is 4.78. The van der Waals surface area contributed by atoms with E-state index in [2.05, 4.69) is 90.0 Å². The molecule has 0 fully saturated rings. The molecule has 1 aromatic carbocycles. The second-order valence-electron chi connectivity index (χ2n) is 4.57. The second-order valence-corrected chi connectivity index (χ2v) is 20.8. The molecule has 15 heavy (non-hydrogen) atoms. The number of hydrogen-bond donors (Lipinski definition) is 0. The second kappa shape index (κ2) is 7.68. The van der Waals surface area contributed by atoms with Crippen LogP contribution in [0.2, 0.25) is 0 Å². The molecule has 3 heteroatoms. The van der Waals surface area contributed by atoms with Crippen molar-refractivity contribution in [3.63, 3.8) is 0 Å². The zero-order valence-corrected chi connectivity index (χ0v) is 16.3. The van der Waals surface area contributed by atoms with Crippen LogP contribution in [0, 0.1) is 13.8 Å². The fourth-order valence-electron chi connectivity index (χ4n) is 2.00. The fraction of sp³-hybridized carbons (Fsp3) is 0.500. The van der Waals surface area contributed by atoms with Crippen molar-refractivity contribution in [1.82, 2.24) is 0 Å². The molecule has 0 aliphatic heterocycles. The first-order chi connectivity index (χ1) is 6.84. The predicted octanol–water partition coefficient (Wildman–Crippen LogP) is 2.38. The van der Waals surface area contributed by atoms with E-state index in [1.165, 1.54) is 16.7 Å². The summed E-state index contributed by atoms with van der Waals surface area (Å²) in [6.45, 7) is 11.2. The van der Waals surface area contributed by atoms with Gasteiger partial charge in [-0.05, 0) is 36.0 Å². The summed E-state index contributed by atoms with van der Waals surface area (Å²) in [4.78, 5) is 0. The van der Waals surface area contributed by atoms with E-state index < -0.39 is 0 Å². The third kappa shape index (κ3) is 6.05. The van der Waals surface area contributed by atoms with Crippen LogP contribution >= 0.6 is 37.2 Å². The van der Waals surface area contributed by atoms with E-state index in [-0.39, 0.29) is 5.41 Å². The number of halogens is 3. The Bertz CT molecular complexity index is 280. The molecular formula is C12H18I3-. The van der Waals surface area contributed by atoms with Gasteiger partial charge in [0.15, 0.2) is 0 Å². The molecule has 0 bridgehead atoms. The Balaban J connectivity index is 0.000000583. The first-order valence-corrected chi connectivity index (χ1v) is 17.4. The number of aryl methyl sites for hydroxylation is 2. The van der Waals surface area contributed by atoms with Gasteiger partial charge in [-0.3, -0.25) is 0 Å². The molecule has 0 nitrogen and oxygen atoms in total. The summed E-state index contributed by atoms with van der Waals surface area (Å²) < 4.78 is 0. The molecule has 0 N–H and O–H groups in total. The van der Waals surface area contributed by atoms with Crippen LogP contribution in [-0.4, -0.2) is 0 Å². The zero-order chi connectivity index (χ0) is 12.1. The molecule has 0 unspecified atom stereocenters. The van der Waals surface area contributed by atoms with Crippen molar-refractivity contribution >= 4 is 37.2 Å². The monoisotopic (exact) mass is 543 g/mol. The SMILES string of the molecule is Cc1cccc(C)c1C(C)(C)C.I[I-]I. The molecule has 0 amide bonds. The Kier molecular flexibility index (Phi) is 8.40. The van der Waals surface area contributed by atoms with Gasteiger partial charge >= 0.3 is 50.5 Å². The number of benzene rings is 1. The van der Waals surface area contributed by atoms with Gasteiger partial charge in [0, 0.05) is 0 Å². The van der Waals surface area contributed by atoms with Gasteiger partial charge in [-0.2, -0.15) is 0 Å². The molecule has 0 radical (unpaired) electrons. The average Bonchev–Trinajstić information content (AvgIpc) is 2.02. The summed E-state index contributed by atoms with van der Waals surface area (Å²) in [6, 6.07) is 6.50. The molecule has 0 atom stereocenters. The Labute approximate surface area is 124 Å². The topological polar surface area (TPSA) is 0 Å². The van der Waals surface area contributed by atoms with E-state index in [1.54, 1.807) is 0 Å². The van der Waals surface area contributed by atoms with Crippen LogP contribution in [0.5, 0.6) is 0 Å². The Morgan fingerprint density at radius 3 is 1.53 bits per heavy atom. The van der Waals surface area contributed by atoms with Crippen molar-refractivity contribution < 1.29 is 13.3 Å². The van der Waals surface area contributed by atoms with E-state index in [1.807, 2.05) is 0 Å². The van der Waals surface area contributed by atoms with Crippen LogP contribution in [0.3, 0.4) is 0 Å². The molecule has 88 valence electrons. The van der Waals surface area contributed by atoms with Crippen LogP contribution in [0.15, 0.2) is 18.2 Å². The van der Waals surface area contributed by atoms with E-state index in [0.29, 0.717) is 13.3 Å². The zero-order valence-electron chi connectivity index (χ0n) is 9.87. The molecule has 0 saturated heterocycles. The summed E-state index contributed by atoms with van der Waals surface area (Å²) >= 11 is 5.30. The van der Waals surface area contributed by atoms with Crippen molar-refractivity contribution in [1.29, 1.82) is 0 Å². The van der Waals surface area contributed by atoms with E-state index in [9.17, 15) is 0 Å². The van der Waals surface area contributed by atoms with Gasteiger partial charge in [0.05, 0.1) is 0 Å². The van der Waals surface area contributed by atoms with Gasteiger partial charge in [0.2, 0.25) is 0 Å². The third-order valence-electron chi connectivity index (χ3n) is 2.23. The van der Waals surface area contributed by atoms with Gasteiger partial charge in [-0.1, -0.05) is 39.0 Å². The van der Waals surface area contributed by atoms with Crippen molar-refractivity contribution in [2.75, 3.05) is 0 Å². The van der Waals surface area contributed by atoms with E-state index in [0.717, 1.165) is 0 Å². The molecule has 0 saturated carbocycles. The normalized spacial score (nSPS) is 10.9. The van der Waals surface area contributed by atoms with Crippen molar-refractivity contribution in [2.45, 2.75) is 40.0 Å². The van der Waals surface area contributed by atoms with Gasteiger partial charge in [0.25, 0.3) is 0 Å². The Morgan fingerprint density at radius 2 is 1.33 bits per heavy atom. The average molecular weight is 543 g/mol. The van der Waals surface area contributed by atoms with Crippen LogP contribution < -0.4 is 13.3 Å². The number of rotatable bonds is 0. The summed E-state index contributed by atoms with van der Waals surface area (Å²) in [5.74, 6) is 0. The summed E-state index contributed by atoms with van der Waals surface area (Å²) in [6.07, 6.45) is 0. The predicted molar refractivity (Wildman–Crippen MR) is 82.7 cm³/mol. The van der Waals surface area contributed by atoms with E-state index in [4.69, 9.17) is 0 Å². The third-order valence-corrected chi connectivity index (χ3v) is 2.23. The van der Waals surface area contributed by atoms with Crippen molar-refractivity contribution in [2.24, 2.45) is 0 Å². The van der Waals surface area contributed by atoms with Crippen LogP contribution in [0.25, 0.3) is 0 Å². The fourth-order valence-corrected chi connectivity index (χ4v) is 2.00. The van der Waals surface area contributed by atoms with E-state index >= 15 is 0 Å². The minimum atomic E-state index is 0.273. The summed E-state index contributed by atoms with van der Waals surface area (Å²) in [5, 5.41) is 0. The Hall–Kier alpha value is 1.41. The maximum atomic E-state index is 2.39. The minimum absolute atomic E-state index is 0.273. The maximum absolute atomic E-state index is 2.39. The molecule has 0 heterocycles. The van der Waals surface area contributed by atoms with Gasteiger partial charge in [0.1, 0.15) is 0 Å². The molecule has 0 aliphatic carbocycles.